The summed E-state index contributed by atoms with van der Waals surface area (Å²) in [6, 6.07) is 3.52. The molecule has 7 heteroatoms. The number of aryl methyl sites for hydroxylation is 2. The number of nitrogens with zero attached hydrogens (tertiary/aromatic N) is 2. The first-order valence-corrected chi connectivity index (χ1v) is 6.78. The Kier molecular flexibility index (Phi) is 4.41. The molecule has 0 fully saturated rings. The lowest BCUT2D eigenvalue weighted by molar-refractivity contribution is -0.116. The van der Waals surface area contributed by atoms with Crippen LogP contribution in [0.15, 0.2) is 15.4 Å². The van der Waals surface area contributed by atoms with E-state index in [0.717, 1.165) is 5.56 Å². The van der Waals surface area contributed by atoms with E-state index in [9.17, 15) is 9.59 Å². The Balaban J connectivity index is 2.10. The molecule has 0 saturated carbocycles. The Bertz CT molecular complexity index is 811. The predicted octanol–water partition coefficient (Wildman–Crippen LogP) is 1.73. The molecule has 0 saturated heterocycles. The molecule has 0 aliphatic carbocycles. The number of anilines is 1. The maximum Gasteiger partial charge on any atom is 0.266 e. The van der Waals surface area contributed by atoms with Gasteiger partial charge in [0.15, 0.2) is 5.82 Å². The summed E-state index contributed by atoms with van der Waals surface area (Å²) in [4.78, 5) is 26.2. The van der Waals surface area contributed by atoms with Gasteiger partial charge in [0, 0.05) is 18.2 Å². The quantitative estimate of drug-likeness (QED) is 0.893. The van der Waals surface area contributed by atoms with Crippen LogP contribution in [-0.2, 0) is 11.2 Å². The summed E-state index contributed by atoms with van der Waals surface area (Å²) in [6.07, 6.45) is 0.635. The number of H-pyrrole nitrogens is 1. The topological polar surface area (TPSA) is 112 Å². The molecule has 0 aliphatic rings. The summed E-state index contributed by atoms with van der Waals surface area (Å²) in [7, 11) is 0. The number of pyridine rings is 1. The van der Waals surface area contributed by atoms with Crippen molar-refractivity contribution in [1.29, 1.82) is 5.26 Å². The predicted molar refractivity (Wildman–Crippen MR) is 79.4 cm³/mol. The van der Waals surface area contributed by atoms with Crippen molar-refractivity contribution in [3.8, 4) is 6.07 Å². The lowest BCUT2D eigenvalue weighted by Crippen LogP contribution is -2.18. The molecule has 114 valence electrons. The number of carbonyl (C=O) groups is 1. The molecule has 7 nitrogen and oxygen atoms in total. The molecule has 2 aromatic heterocycles. The van der Waals surface area contributed by atoms with Crippen LogP contribution < -0.4 is 10.9 Å². The molecule has 2 heterocycles. The van der Waals surface area contributed by atoms with E-state index in [1.165, 1.54) is 0 Å². The molecule has 2 N–H and O–H groups in total. The summed E-state index contributed by atoms with van der Waals surface area (Å²) < 4.78 is 4.87. The van der Waals surface area contributed by atoms with Crippen molar-refractivity contribution in [2.75, 3.05) is 5.32 Å². The average Bonchev–Trinajstić information content (AvgIpc) is 2.83. The van der Waals surface area contributed by atoms with Gasteiger partial charge in [-0.25, -0.2) is 0 Å². The van der Waals surface area contributed by atoms with E-state index in [1.807, 2.05) is 6.07 Å². The van der Waals surface area contributed by atoms with Gasteiger partial charge < -0.3 is 14.8 Å². The highest BCUT2D eigenvalue weighted by Gasteiger charge is 2.14. The zero-order chi connectivity index (χ0) is 16.3. The first kappa shape index (κ1) is 15.5. The highest BCUT2D eigenvalue weighted by Crippen LogP contribution is 2.15. The van der Waals surface area contributed by atoms with E-state index in [1.54, 1.807) is 26.8 Å². The van der Waals surface area contributed by atoms with Gasteiger partial charge in [0.2, 0.25) is 5.91 Å². The van der Waals surface area contributed by atoms with Crippen molar-refractivity contribution >= 4 is 11.7 Å². The highest BCUT2D eigenvalue weighted by atomic mass is 16.5. The van der Waals surface area contributed by atoms with Crippen molar-refractivity contribution in [1.82, 2.24) is 10.1 Å². The van der Waals surface area contributed by atoms with E-state index in [-0.39, 0.29) is 17.9 Å². The van der Waals surface area contributed by atoms with Crippen LogP contribution in [0.25, 0.3) is 0 Å². The van der Waals surface area contributed by atoms with Gasteiger partial charge in [-0.2, -0.15) is 5.26 Å². The monoisotopic (exact) mass is 300 g/mol. The second-order valence-electron chi connectivity index (χ2n) is 5.04. The second kappa shape index (κ2) is 6.26. The maximum absolute atomic E-state index is 11.9. The summed E-state index contributed by atoms with van der Waals surface area (Å²) >= 11 is 0. The normalized spacial score (nSPS) is 10.3. The average molecular weight is 300 g/mol. The number of carbonyl (C=O) groups excluding carboxylic acids is 1. The number of hydrogen-bond donors (Lipinski definition) is 2. The van der Waals surface area contributed by atoms with Crippen LogP contribution in [0.5, 0.6) is 0 Å². The third-order valence-corrected chi connectivity index (χ3v) is 3.42. The van der Waals surface area contributed by atoms with Crippen molar-refractivity contribution in [3.05, 3.63) is 44.6 Å². The molecule has 0 bridgehead atoms. The SMILES string of the molecule is Cc1cc(NC(=O)CCc2c(C)[nH]c(=O)c(C#N)c2C)no1. The van der Waals surface area contributed by atoms with Crippen LogP contribution in [-0.4, -0.2) is 16.0 Å². The minimum atomic E-state index is -0.399. The zero-order valence-corrected chi connectivity index (χ0v) is 12.6. The molecular formula is C15H16N4O3. The van der Waals surface area contributed by atoms with Gasteiger partial charge in [0.05, 0.1) is 0 Å². The molecule has 2 aromatic rings. The molecule has 22 heavy (non-hydrogen) atoms. The number of aromatic nitrogens is 2. The van der Waals surface area contributed by atoms with Crippen LogP contribution in [0, 0.1) is 32.1 Å². The first-order valence-electron chi connectivity index (χ1n) is 6.78. The van der Waals surface area contributed by atoms with Gasteiger partial charge >= 0.3 is 0 Å². The first-order chi connectivity index (χ1) is 10.4. The van der Waals surface area contributed by atoms with Gasteiger partial charge in [0.25, 0.3) is 5.56 Å². The molecule has 0 unspecified atom stereocenters. The van der Waals surface area contributed by atoms with Gasteiger partial charge in [0.1, 0.15) is 17.4 Å². The summed E-state index contributed by atoms with van der Waals surface area (Å²) in [5.74, 6) is 0.771. The van der Waals surface area contributed by atoms with E-state index in [0.29, 0.717) is 29.3 Å². The van der Waals surface area contributed by atoms with Crippen molar-refractivity contribution in [2.24, 2.45) is 0 Å². The van der Waals surface area contributed by atoms with Crippen molar-refractivity contribution in [3.63, 3.8) is 0 Å². The van der Waals surface area contributed by atoms with Gasteiger partial charge in [-0.1, -0.05) is 5.16 Å². The molecule has 0 atom stereocenters. The number of rotatable bonds is 4. The summed E-state index contributed by atoms with van der Waals surface area (Å²) in [5.41, 5.74) is 1.79. The lowest BCUT2D eigenvalue weighted by atomic mass is 9.99. The van der Waals surface area contributed by atoms with E-state index in [4.69, 9.17) is 9.78 Å². The van der Waals surface area contributed by atoms with E-state index >= 15 is 0 Å². The van der Waals surface area contributed by atoms with Gasteiger partial charge in [-0.3, -0.25) is 9.59 Å². The Morgan fingerprint density at radius 1 is 1.45 bits per heavy atom. The molecule has 0 radical (unpaired) electrons. The van der Waals surface area contributed by atoms with Crippen molar-refractivity contribution in [2.45, 2.75) is 33.6 Å². The van der Waals surface area contributed by atoms with Gasteiger partial charge in [-0.05, 0) is 38.3 Å². The van der Waals surface area contributed by atoms with Crippen LogP contribution in [0.4, 0.5) is 5.82 Å². The second-order valence-corrected chi connectivity index (χ2v) is 5.04. The molecule has 0 spiro atoms. The number of aromatic amines is 1. The van der Waals surface area contributed by atoms with E-state index < -0.39 is 5.56 Å². The third-order valence-electron chi connectivity index (χ3n) is 3.42. The molecular weight excluding hydrogens is 284 g/mol. The Labute approximate surface area is 126 Å². The Morgan fingerprint density at radius 3 is 2.77 bits per heavy atom. The largest absolute Gasteiger partial charge is 0.360 e. The molecule has 0 aromatic carbocycles. The standard InChI is InChI=1S/C15H16N4O3/c1-8-6-13(19-22-8)18-14(20)5-4-11-9(2)12(7-16)15(21)17-10(11)3/h6H,4-5H2,1-3H3,(H,17,21)(H,18,19,20). The molecule has 2 rings (SSSR count). The van der Waals surface area contributed by atoms with E-state index in [2.05, 4.69) is 15.5 Å². The van der Waals surface area contributed by atoms with Crippen molar-refractivity contribution < 1.29 is 9.32 Å². The van der Waals surface area contributed by atoms with Crippen LogP contribution in [0.2, 0.25) is 0 Å². The zero-order valence-electron chi connectivity index (χ0n) is 12.6. The smallest absolute Gasteiger partial charge is 0.266 e. The third kappa shape index (κ3) is 3.23. The van der Waals surface area contributed by atoms with Crippen LogP contribution >= 0.6 is 0 Å². The van der Waals surface area contributed by atoms with Crippen LogP contribution in [0.1, 0.15) is 34.6 Å². The molecule has 1 amide bonds. The fraction of sp³-hybridized carbons (Fsp3) is 0.333. The summed E-state index contributed by atoms with van der Waals surface area (Å²) in [5, 5.41) is 15.3. The fourth-order valence-electron chi connectivity index (χ4n) is 2.29. The minimum Gasteiger partial charge on any atom is -0.360 e. The van der Waals surface area contributed by atoms with Crippen LogP contribution in [0.3, 0.4) is 0 Å². The number of hydrogen-bond acceptors (Lipinski definition) is 5. The number of nitrogens with one attached hydrogen (secondary N) is 2. The molecule has 0 aliphatic heterocycles. The van der Waals surface area contributed by atoms with Gasteiger partial charge in [-0.15, -0.1) is 0 Å². The summed E-state index contributed by atoms with van der Waals surface area (Å²) in [6.45, 7) is 5.21. The minimum absolute atomic E-state index is 0.0909. The number of nitriles is 1. The fourth-order valence-corrected chi connectivity index (χ4v) is 2.29. The number of amides is 1. The highest BCUT2D eigenvalue weighted by molar-refractivity contribution is 5.89. The Hall–Kier alpha value is -2.88. The Morgan fingerprint density at radius 2 is 2.18 bits per heavy atom. The lowest BCUT2D eigenvalue weighted by Gasteiger charge is -2.10. The maximum atomic E-state index is 11.9.